The Bertz CT molecular complexity index is 1060. The van der Waals surface area contributed by atoms with Crippen LogP contribution in [0.1, 0.15) is 31.4 Å². The van der Waals surface area contributed by atoms with Crippen molar-refractivity contribution >= 4 is 21.6 Å². The van der Waals surface area contributed by atoms with Crippen molar-refractivity contribution < 1.29 is 17.6 Å². The third-order valence-corrected chi connectivity index (χ3v) is 7.63. The van der Waals surface area contributed by atoms with Crippen LogP contribution in [0.5, 0.6) is 0 Å². The molecule has 8 heteroatoms. The summed E-state index contributed by atoms with van der Waals surface area (Å²) in [5, 5.41) is 0. The zero-order valence-electron chi connectivity index (χ0n) is 17.2. The molecular formula is C22H26FN3O3S. The lowest BCUT2D eigenvalue weighted by atomic mass is 10.1. The third-order valence-electron chi connectivity index (χ3n) is 5.80. The molecule has 2 aliphatic rings. The number of sulfonamides is 1. The van der Waals surface area contributed by atoms with E-state index in [4.69, 9.17) is 0 Å². The monoisotopic (exact) mass is 431 g/mol. The number of fused-ring (bicyclic) bond motifs is 1. The van der Waals surface area contributed by atoms with Crippen molar-refractivity contribution in [1.29, 1.82) is 0 Å². The summed E-state index contributed by atoms with van der Waals surface area (Å²) in [4.78, 5) is 16.0. The number of hydrogen-bond donors (Lipinski definition) is 0. The first kappa shape index (κ1) is 21.0. The standard InChI is InChI=1S/C22H26FN3O3S/c1-16-12-19-13-21(8-9-22(19)26(16)17(2)27)30(28,29)25-11-3-10-24(15-25)14-18-4-6-20(23)7-5-18/h4-9,13,16H,3,10-12,14-15H2,1-2H3/t16-/m0/s1. The number of carbonyl (C=O) groups is 1. The lowest BCUT2D eigenvalue weighted by Gasteiger charge is -2.35. The van der Waals surface area contributed by atoms with Crippen LogP contribution in [0.25, 0.3) is 0 Å². The highest BCUT2D eigenvalue weighted by Gasteiger charge is 2.33. The topological polar surface area (TPSA) is 60.9 Å². The van der Waals surface area contributed by atoms with Crippen LogP contribution < -0.4 is 4.90 Å². The van der Waals surface area contributed by atoms with Crippen molar-refractivity contribution in [3.63, 3.8) is 0 Å². The van der Waals surface area contributed by atoms with Crippen LogP contribution in [0.4, 0.5) is 10.1 Å². The molecule has 2 aromatic carbocycles. The highest BCUT2D eigenvalue weighted by molar-refractivity contribution is 7.89. The molecular weight excluding hydrogens is 405 g/mol. The van der Waals surface area contributed by atoms with Gasteiger partial charge in [-0.05, 0) is 61.2 Å². The minimum Gasteiger partial charge on any atom is -0.309 e. The maximum Gasteiger partial charge on any atom is 0.244 e. The average Bonchev–Trinajstić information content (AvgIpc) is 3.05. The minimum absolute atomic E-state index is 0.0247. The number of anilines is 1. The largest absolute Gasteiger partial charge is 0.309 e. The normalized spacial score (nSPS) is 20.4. The van der Waals surface area contributed by atoms with Gasteiger partial charge in [-0.1, -0.05) is 12.1 Å². The summed E-state index contributed by atoms with van der Waals surface area (Å²) in [6.45, 7) is 5.62. The number of carbonyl (C=O) groups excluding carboxylic acids is 1. The van der Waals surface area contributed by atoms with Gasteiger partial charge in [0.05, 0.1) is 11.6 Å². The van der Waals surface area contributed by atoms with Crippen LogP contribution in [-0.2, 0) is 27.8 Å². The molecule has 0 aromatic heterocycles. The summed E-state index contributed by atoms with van der Waals surface area (Å²) in [6, 6.07) is 11.4. The first-order valence-electron chi connectivity index (χ1n) is 10.2. The predicted octanol–water partition coefficient (Wildman–Crippen LogP) is 2.98. The summed E-state index contributed by atoms with van der Waals surface area (Å²) in [7, 11) is -3.64. The Labute approximate surface area is 176 Å². The number of rotatable bonds is 4. The Morgan fingerprint density at radius 2 is 1.87 bits per heavy atom. The molecule has 1 amide bonds. The molecule has 2 heterocycles. The molecule has 0 unspecified atom stereocenters. The van der Waals surface area contributed by atoms with E-state index in [0.717, 1.165) is 29.8 Å². The zero-order valence-corrected chi connectivity index (χ0v) is 18.0. The van der Waals surface area contributed by atoms with Crippen LogP contribution in [0, 0.1) is 5.82 Å². The highest BCUT2D eigenvalue weighted by atomic mass is 32.2. The van der Waals surface area contributed by atoms with E-state index in [1.165, 1.54) is 23.4 Å². The van der Waals surface area contributed by atoms with Crippen LogP contribution >= 0.6 is 0 Å². The minimum atomic E-state index is -3.64. The number of halogens is 1. The lowest BCUT2D eigenvalue weighted by Crippen LogP contribution is -2.47. The van der Waals surface area contributed by atoms with Gasteiger partial charge in [-0.2, -0.15) is 4.31 Å². The second-order valence-electron chi connectivity index (χ2n) is 8.09. The fraction of sp³-hybridized carbons (Fsp3) is 0.409. The SMILES string of the molecule is CC(=O)N1c2ccc(S(=O)(=O)N3CCCN(Cc4ccc(F)cc4)C3)cc2C[C@@H]1C. The van der Waals surface area contributed by atoms with Crippen molar-refractivity contribution in [1.82, 2.24) is 9.21 Å². The zero-order chi connectivity index (χ0) is 21.5. The summed E-state index contributed by atoms with van der Waals surface area (Å²) >= 11 is 0. The van der Waals surface area contributed by atoms with E-state index < -0.39 is 10.0 Å². The molecule has 0 bridgehead atoms. The second kappa shape index (κ2) is 8.09. The Kier molecular flexibility index (Phi) is 5.65. The van der Waals surface area contributed by atoms with Gasteiger partial charge in [0.1, 0.15) is 5.82 Å². The quantitative estimate of drug-likeness (QED) is 0.747. The first-order valence-corrected chi connectivity index (χ1v) is 11.6. The van der Waals surface area contributed by atoms with E-state index in [2.05, 4.69) is 4.90 Å². The highest BCUT2D eigenvalue weighted by Crippen LogP contribution is 2.34. The Hall–Kier alpha value is -2.29. The molecule has 0 N–H and O–H groups in total. The van der Waals surface area contributed by atoms with Crippen LogP contribution in [-0.4, -0.2) is 49.3 Å². The molecule has 0 spiro atoms. The van der Waals surface area contributed by atoms with Gasteiger partial charge < -0.3 is 4.90 Å². The number of hydrogen-bond acceptors (Lipinski definition) is 4. The summed E-state index contributed by atoms with van der Waals surface area (Å²) in [5.74, 6) is -0.319. The molecule has 2 aliphatic heterocycles. The van der Waals surface area contributed by atoms with E-state index in [9.17, 15) is 17.6 Å². The number of nitrogens with zero attached hydrogens (tertiary/aromatic N) is 3. The van der Waals surface area contributed by atoms with E-state index >= 15 is 0 Å². The van der Waals surface area contributed by atoms with Crippen molar-refractivity contribution in [3.05, 3.63) is 59.4 Å². The maximum atomic E-state index is 13.3. The van der Waals surface area contributed by atoms with Crippen LogP contribution in [0.15, 0.2) is 47.4 Å². The lowest BCUT2D eigenvalue weighted by molar-refractivity contribution is -0.116. The van der Waals surface area contributed by atoms with Crippen LogP contribution in [0.2, 0.25) is 0 Å². The van der Waals surface area contributed by atoms with Gasteiger partial charge in [-0.25, -0.2) is 12.8 Å². The van der Waals surface area contributed by atoms with Gasteiger partial charge in [0.2, 0.25) is 15.9 Å². The third kappa shape index (κ3) is 3.99. The molecule has 1 fully saturated rings. The fourth-order valence-electron chi connectivity index (χ4n) is 4.41. The van der Waals surface area contributed by atoms with Gasteiger partial charge in [0, 0.05) is 38.3 Å². The molecule has 6 nitrogen and oxygen atoms in total. The second-order valence-corrected chi connectivity index (χ2v) is 10.0. The van der Waals surface area contributed by atoms with E-state index in [1.807, 2.05) is 6.92 Å². The molecule has 160 valence electrons. The van der Waals surface area contributed by atoms with Crippen molar-refractivity contribution in [2.45, 2.75) is 44.2 Å². The van der Waals surface area contributed by atoms with E-state index in [0.29, 0.717) is 26.2 Å². The molecule has 2 aromatic rings. The molecule has 0 radical (unpaired) electrons. The molecule has 30 heavy (non-hydrogen) atoms. The number of amides is 1. The van der Waals surface area contributed by atoms with Crippen molar-refractivity contribution in [2.24, 2.45) is 0 Å². The molecule has 1 saturated heterocycles. The number of benzene rings is 2. The summed E-state index contributed by atoms with van der Waals surface area (Å²) in [5.41, 5.74) is 2.64. The Balaban J connectivity index is 1.53. The summed E-state index contributed by atoms with van der Waals surface area (Å²) in [6.07, 6.45) is 1.38. The summed E-state index contributed by atoms with van der Waals surface area (Å²) < 4.78 is 41.2. The predicted molar refractivity (Wildman–Crippen MR) is 113 cm³/mol. The van der Waals surface area contributed by atoms with Crippen LogP contribution in [0.3, 0.4) is 0 Å². The molecule has 1 atom stereocenters. The van der Waals surface area contributed by atoms with Crippen molar-refractivity contribution in [2.75, 3.05) is 24.7 Å². The Morgan fingerprint density at radius 3 is 2.57 bits per heavy atom. The van der Waals surface area contributed by atoms with E-state index in [1.54, 1.807) is 35.2 Å². The fourth-order valence-corrected chi connectivity index (χ4v) is 5.92. The molecule has 0 saturated carbocycles. The maximum absolute atomic E-state index is 13.3. The smallest absolute Gasteiger partial charge is 0.244 e. The van der Waals surface area contributed by atoms with Gasteiger partial charge in [-0.3, -0.25) is 9.69 Å². The molecule has 0 aliphatic carbocycles. The van der Waals surface area contributed by atoms with Gasteiger partial charge in [0.15, 0.2) is 0 Å². The van der Waals surface area contributed by atoms with Gasteiger partial charge in [-0.15, -0.1) is 0 Å². The van der Waals surface area contributed by atoms with E-state index in [-0.39, 0.29) is 22.7 Å². The molecule has 4 rings (SSSR count). The van der Waals surface area contributed by atoms with Gasteiger partial charge in [0.25, 0.3) is 0 Å². The van der Waals surface area contributed by atoms with Gasteiger partial charge >= 0.3 is 0 Å². The Morgan fingerprint density at radius 1 is 1.13 bits per heavy atom. The van der Waals surface area contributed by atoms with Crippen molar-refractivity contribution in [3.8, 4) is 0 Å². The first-order chi connectivity index (χ1) is 14.3. The average molecular weight is 432 g/mol.